The van der Waals surface area contributed by atoms with E-state index in [1.807, 2.05) is 29.2 Å². The lowest BCUT2D eigenvalue weighted by Gasteiger charge is -2.32. The van der Waals surface area contributed by atoms with Crippen molar-refractivity contribution in [3.8, 4) is 0 Å². The number of piperidine rings is 1. The van der Waals surface area contributed by atoms with E-state index in [4.69, 9.17) is 0 Å². The van der Waals surface area contributed by atoms with Crippen LogP contribution in [-0.4, -0.2) is 58.4 Å². The molecule has 2 aliphatic heterocycles. The second kappa shape index (κ2) is 11.3. The largest absolute Gasteiger partial charge is 0.338 e. The fraction of sp³-hybridized carbons (Fsp3) is 0.481. The molecule has 4 rings (SSSR count). The molecule has 0 bridgehead atoms. The van der Waals surface area contributed by atoms with E-state index in [2.05, 4.69) is 9.88 Å². The SMILES string of the molecule is O=C(CCC(=O)c1ccc(CN2CCCC2)cc1)CC1CCCN(C(=O)c2cccnc2)C1. The van der Waals surface area contributed by atoms with Crippen molar-refractivity contribution in [3.63, 3.8) is 0 Å². The van der Waals surface area contributed by atoms with Gasteiger partial charge in [-0.05, 0) is 62.4 Å². The van der Waals surface area contributed by atoms with Gasteiger partial charge in [-0.15, -0.1) is 0 Å². The fourth-order valence-electron chi connectivity index (χ4n) is 4.90. The molecule has 3 heterocycles. The molecule has 6 nitrogen and oxygen atoms in total. The van der Waals surface area contributed by atoms with Gasteiger partial charge in [0.05, 0.1) is 5.56 Å². The molecule has 0 spiro atoms. The van der Waals surface area contributed by atoms with Crippen LogP contribution in [0.2, 0.25) is 0 Å². The molecule has 1 aromatic carbocycles. The van der Waals surface area contributed by atoms with E-state index in [-0.39, 0.29) is 36.2 Å². The summed E-state index contributed by atoms with van der Waals surface area (Å²) < 4.78 is 0. The van der Waals surface area contributed by atoms with Gasteiger partial charge in [0.25, 0.3) is 5.91 Å². The van der Waals surface area contributed by atoms with Crippen LogP contribution < -0.4 is 0 Å². The highest BCUT2D eigenvalue weighted by Crippen LogP contribution is 2.22. The minimum absolute atomic E-state index is 0.0214. The Bertz CT molecular complexity index is 952. The zero-order valence-electron chi connectivity index (χ0n) is 19.2. The van der Waals surface area contributed by atoms with Crippen molar-refractivity contribution in [1.82, 2.24) is 14.8 Å². The molecule has 0 aliphatic carbocycles. The van der Waals surface area contributed by atoms with Crippen molar-refractivity contribution in [3.05, 3.63) is 65.5 Å². The van der Waals surface area contributed by atoms with Gasteiger partial charge in [0, 0.05) is 56.9 Å². The number of likely N-dealkylation sites (tertiary alicyclic amines) is 2. The number of carbonyl (C=O) groups is 3. The van der Waals surface area contributed by atoms with Crippen molar-refractivity contribution in [2.75, 3.05) is 26.2 Å². The van der Waals surface area contributed by atoms with E-state index in [0.717, 1.165) is 32.5 Å². The molecule has 33 heavy (non-hydrogen) atoms. The van der Waals surface area contributed by atoms with Gasteiger partial charge in [-0.1, -0.05) is 24.3 Å². The Labute approximate surface area is 196 Å². The van der Waals surface area contributed by atoms with Crippen molar-refractivity contribution >= 4 is 17.5 Å². The second-order valence-corrected chi connectivity index (χ2v) is 9.35. The van der Waals surface area contributed by atoms with Crippen LogP contribution in [0.4, 0.5) is 0 Å². The second-order valence-electron chi connectivity index (χ2n) is 9.35. The van der Waals surface area contributed by atoms with Crippen LogP contribution in [0.15, 0.2) is 48.8 Å². The lowest BCUT2D eigenvalue weighted by atomic mass is 9.91. The third kappa shape index (κ3) is 6.57. The maximum Gasteiger partial charge on any atom is 0.255 e. The summed E-state index contributed by atoms with van der Waals surface area (Å²) in [4.78, 5) is 46.1. The fourth-order valence-corrected chi connectivity index (χ4v) is 4.90. The average molecular weight is 448 g/mol. The summed E-state index contributed by atoms with van der Waals surface area (Å²) in [5, 5.41) is 0. The van der Waals surface area contributed by atoms with Crippen LogP contribution in [0.3, 0.4) is 0 Å². The molecule has 0 radical (unpaired) electrons. The van der Waals surface area contributed by atoms with Crippen molar-refractivity contribution in [1.29, 1.82) is 0 Å². The van der Waals surface area contributed by atoms with Crippen LogP contribution in [0.5, 0.6) is 0 Å². The zero-order chi connectivity index (χ0) is 23.0. The number of ketones is 2. The highest BCUT2D eigenvalue weighted by molar-refractivity contribution is 5.98. The van der Waals surface area contributed by atoms with E-state index in [1.54, 1.807) is 24.5 Å². The zero-order valence-corrected chi connectivity index (χ0v) is 19.2. The first-order chi connectivity index (χ1) is 16.1. The Hall–Kier alpha value is -2.86. The Kier molecular flexibility index (Phi) is 8.00. The van der Waals surface area contributed by atoms with Crippen molar-refractivity contribution in [2.45, 2.75) is 51.5 Å². The predicted octanol–water partition coefficient (Wildman–Crippen LogP) is 4.15. The van der Waals surface area contributed by atoms with E-state index in [9.17, 15) is 14.4 Å². The Balaban J connectivity index is 1.21. The number of hydrogen-bond donors (Lipinski definition) is 0. The molecule has 174 valence electrons. The van der Waals surface area contributed by atoms with Crippen LogP contribution in [0.1, 0.15) is 71.2 Å². The maximum absolute atomic E-state index is 12.7. The molecule has 6 heteroatoms. The summed E-state index contributed by atoms with van der Waals surface area (Å²) in [6, 6.07) is 11.4. The first-order valence-corrected chi connectivity index (χ1v) is 12.1. The normalized spacial score (nSPS) is 18.9. The molecule has 1 amide bonds. The van der Waals surface area contributed by atoms with Crippen LogP contribution >= 0.6 is 0 Å². The predicted molar refractivity (Wildman–Crippen MR) is 127 cm³/mol. The highest BCUT2D eigenvalue weighted by Gasteiger charge is 2.26. The van der Waals surface area contributed by atoms with Gasteiger partial charge < -0.3 is 4.90 Å². The summed E-state index contributed by atoms with van der Waals surface area (Å²) >= 11 is 0. The molecule has 1 atom stereocenters. The van der Waals surface area contributed by atoms with Gasteiger partial charge in [-0.2, -0.15) is 0 Å². The number of pyridine rings is 1. The Morgan fingerprint density at radius 3 is 2.42 bits per heavy atom. The van der Waals surface area contributed by atoms with Gasteiger partial charge in [-0.25, -0.2) is 0 Å². The van der Waals surface area contributed by atoms with Crippen LogP contribution in [-0.2, 0) is 11.3 Å². The summed E-state index contributed by atoms with van der Waals surface area (Å²) in [7, 11) is 0. The van der Waals surface area contributed by atoms with Crippen LogP contribution in [0, 0.1) is 5.92 Å². The smallest absolute Gasteiger partial charge is 0.255 e. The minimum atomic E-state index is -0.0244. The molecule has 1 aromatic heterocycles. The first-order valence-electron chi connectivity index (χ1n) is 12.1. The number of hydrogen-bond acceptors (Lipinski definition) is 5. The monoisotopic (exact) mass is 447 g/mol. The summed E-state index contributed by atoms with van der Waals surface area (Å²) in [6.07, 6.45) is 8.55. The number of rotatable bonds is 9. The summed E-state index contributed by atoms with van der Waals surface area (Å²) in [5.41, 5.74) is 2.49. The van der Waals surface area contributed by atoms with E-state index >= 15 is 0 Å². The number of carbonyl (C=O) groups excluding carboxylic acids is 3. The number of benzene rings is 1. The molecule has 2 aliphatic rings. The molecular weight excluding hydrogens is 414 g/mol. The van der Waals surface area contributed by atoms with Gasteiger partial charge >= 0.3 is 0 Å². The average Bonchev–Trinajstić information content (AvgIpc) is 3.36. The van der Waals surface area contributed by atoms with Gasteiger partial charge in [0.15, 0.2) is 5.78 Å². The number of Topliss-reactive ketones (excluding diaryl/α,β-unsaturated/α-hetero) is 2. The Morgan fingerprint density at radius 1 is 0.909 bits per heavy atom. The Morgan fingerprint density at radius 2 is 1.70 bits per heavy atom. The third-order valence-corrected chi connectivity index (χ3v) is 6.74. The lowest BCUT2D eigenvalue weighted by Crippen LogP contribution is -2.40. The topological polar surface area (TPSA) is 70.6 Å². The standard InChI is InChI=1S/C27H33N3O3/c31-25(17-22-5-4-16-30(20-22)27(33)24-6-3-13-28-18-24)11-12-26(32)23-9-7-21(8-10-23)19-29-14-1-2-15-29/h3,6-10,13,18,22H,1-2,4-5,11-12,14-17,19-20H2. The molecule has 1 unspecified atom stereocenters. The minimum Gasteiger partial charge on any atom is -0.338 e. The van der Waals surface area contributed by atoms with E-state index < -0.39 is 0 Å². The number of amides is 1. The van der Waals surface area contributed by atoms with E-state index in [1.165, 1.54) is 18.4 Å². The quantitative estimate of drug-likeness (QED) is 0.540. The molecule has 0 N–H and O–H groups in total. The van der Waals surface area contributed by atoms with E-state index in [0.29, 0.717) is 30.6 Å². The van der Waals surface area contributed by atoms with Crippen LogP contribution in [0.25, 0.3) is 0 Å². The maximum atomic E-state index is 12.7. The molecular formula is C27H33N3O3. The number of nitrogens with zero attached hydrogens (tertiary/aromatic N) is 3. The molecule has 2 fully saturated rings. The third-order valence-electron chi connectivity index (χ3n) is 6.74. The summed E-state index contributed by atoms with van der Waals surface area (Å²) in [5.74, 6) is 0.262. The first kappa shape index (κ1) is 23.3. The summed E-state index contributed by atoms with van der Waals surface area (Å²) in [6.45, 7) is 4.55. The van der Waals surface area contributed by atoms with Gasteiger partial charge in [-0.3, -0.25) is 24.3 Å². The van der Waals surface area contributed by atoms with Gasteiger partial charge in [0.2, 0.25) is 0 Å². The number of aromatic nitrogens is 1. The van der Waals surface area contributed by atoms with Crippen molar-refractivity contribution < 1.29 is 14.4 Å². The molecule has 0 saturated carbocycles. The molecule has 2 saturated heterocycles. The highest BCUT2D eigenvalue weighted by atomic mass is 16.2. The van der Waals surface area contributed by atoms with Crippen molar-refractivity contribution in [2.24, 2.45) is 5.92 Å². The van der Waals surface area contributed by atoms with Gasteiger partial charge in [0.1, 0.15) is 5.78 Å². The molecule has 2 aromatic rings. The lowest BCUT2D eigenvalue weighted by molar-refractivity contribution is -0.120.